The van der Waals surface area contributed by atoms with E-state index in [1.807, 2.05) is 32.0 Å². The number of benzene rings is 1. The van der Waals surface area contributed by atoms with E-state index >= 15 is 0 Å². The molecule has 136 valence electrons. The summed E-state index contributed by atoms with van der Waals surface area (Å²) < 4.78 is 1.36. The van der Waals surface area contributed by atoms with Gasteiger partial charge in [0.2, 0.25) is 5.91 Å². The van der Waals surface area contributed by atoms with Crippen LogP contribution in [0.25, 0.3) is 0 Å². The van der Waals surface area contributed by atoms with Crippen molar-refractivity contribution >= 4 is 29.3 Å². The second-order valence-electron chi connectivity index (χ2n) is 6.49. The molecule has 1 fully saturated rings. The number of anilines is 1. The molecule has 1 aromatic carbocycles. The molecule has 1 saturated heterocycles. The Morgan fingerprint density at radius 3 is 2.58 bits per heavy atom. The van der Waals surface area contributed by atoms with Crippen molar-refractivity contribution in [2.75, 3.05) is 16.9 Å². The maximum Gasteiger partial charge on any atom is 0.263 e. The largest absolute Gasteiger partial charge is 0.324 e. The van der Waals surface area contributed by atoms with E-state index in [9.17, 15) is 14.4 Å². The van der Waals surface area contributed by atoms with Crippen molar-refractivity contribution in [3.8, 4) is 0 Å². The second kappa shape index (κ2) is 7.37. The SMILES string of the molecule is Cc1cc(C)cc(NC(=O)C2CSCN2C(=O)c2cccn(C)c2=O)c1. The molecule has 2 amide bonds. The molecule has 0 radical (unpaired) electrons. The molecule has 1 aromatic heterocycles. The minimum absolute atomic E-state index is 0.0849. The monoisotopic (exact) mass is 371 g/mol. The van der Waals surface area contributed by atoms with Crippen LogP contribution >= 0.6 is 11.8 Å². The lowest BCUT2D eigenvalue weighted by Gasteiger charge is -2.23. The summed E-state index contributed by atoms with van der Waals surface area (Å²) in [6.07, 6.45) is 1.60. The number of aromatic nitrogens is 1. The van der Waals surface area contributed by atoms with E-state index in [2.05, 4.69) is 5.32 Å². The van der Waals surface area contributed by atoms with Gasteiger partial charge in [0, 0.05) is 24.7 Å². The number of amides is 2. The van der Waals surface area contributed by atoms with E-state index in [1.165, 1.54) is 27.3 Å². The fourth-order valence-corrected chi connectivity index (χ4v) is 4.20. The highest BCUT2D eigenvalue weighted by Gasteiger charge is 2.36. The molecule has 1 atom stereocenters. The van der Waals surface area contributed by atoms with Crippen molar-refractivity contribution in [3.05, 3.63) is 63.6 Å². The lowest BCUT2D eigenvalue weighted by atomic mass is 10.1. The van der Waals surface area contributed by atoms with Gasteiger partial charge in [-0.05, 0) is 49.2 Å². The molecule has 1 unspecified atom stereocenters. The first kappa shape index (κ1) is 18.3. The van der Waals surface area contributed by atoms with Crippen LogP contribution in [0.5, 0.6) is 0 Å². The van der Waals surface area contributed by atoms with Crippen LogP contribution < -0.4 is 10.9 Å². The van der Waals surface area contributed by atoms with Gasteiger partial charge in [0.15, 0.2) is 0 Å². The first-order valence-electron chi connectivity index (χ1n) is 8.30. The van der Waals surface area contributed by atoms with Crippen LogP contribution in [0.4, 0.5) is 5.69 Å². The molecular weight excluding hydrogens is 350 g/mol. The molecule has 1 aliphatic heterocycles. The maximum atomic E-state index is 12.8. The van der Waals surface area contributed by atoms with Crippen molar-refractivity contribution in [1.29, 1.82) is 0 Å². The number of hydrogen-bond donors (Lipinski definition) is 1. The Balaban J connectivity index is 1.81. The molecule has 7 heteroatoms. The Morgan fingerprint density at radius 1 is 1.19 bits per heavy atom. The average molecular weight is 371 g/mol. The molecule has 0 bridgehead atoms. The fraction of sp³-hybridized carbons (Fsp3) is 0.316. The van der Waals surface area contributed by atoms with Gasteiger partial charge in [0.05, 0.1) is 5.88 Å². The van der Waals surface area contributed by atoms with Crippen molar-refractivity contribution in [3.63, 3.8) is 0 Å². The van der Waals surface area contributed by atoms with Gasteiger partial charge in [0.1, 0.15) is 11.6 Å². The minimum Gasteiger partial charge on any atom is -0.324 e. The third kappa shape index (κ3) is 3.67. The minimum atomic E-state index is -0.599. The number of carbonyl (C=O) groups excluding carboxylic acids is 2. The number of nitrogens with one attached hydrogen (secondary N) is 1. The quantitative estimate of drug-likeness (QED) is 0.897. The first-order valence-corrected chi connectivity index (χ1v) is 9.46. The van der Waals surface area contributed by atoms with E-state index in [1.54, 1.807) is 19.3 Å². The molecule has 1 N–H and O–H groups in total. The Labute approximate surface area is 156 Å². The summed E-state index contributed by atoms with van der Waals surface area (Å²) in [6, 6.07) is 8.38. The highest BCUT2D eigenvalue weighted by Crippen LogP contribution is 2.24. The predicted molar refractivity (Wildman–Crippen MR) is 104 cm³/mol. The Bertz CT molecular complexity index is 902. The smallest absolute Gasteiger partial charge is 0.263 e. The molecule has 3 rings (SSSR count). The fourth-order valence-electron chi connectivity index (χ4n) is 3.05. The van der Waals surface area contributed by atoms with Gasteiger partial charge in [-0.25, -0.2) is 0 Å². The summed E-state index contributed by atoms with van der Waals surface area (Å²) in [4.78, 5) is 39.2. The molecule has 0 spiro atoms. The van der Waals surface area contributed by atoms with Gasteiger partial charge in [-0.15, -0.1) is 11.8 Å². The van der Waals surface area contributed by atoms with Gasteiger partial charge < -0.3 is 14.8 Å². The van der Waals surface area contributed by atoms with Crippen LogP contribution in [0.1, 0.15) is 21.5 Å². The number of carbonyl (C=O) groups is 2. The number of rotatable bonds is 3. The van der Waals surface area contributed by atoms with Crippen LogP contribution in [0.3, 0.4) is 0 Å². The van der Waals surface area contributed by atoms with Gasteiger partial charge in [-0.2, -0.15) is 0 Å². The molecule has 0 aliphatic carbocycles. The third-order valence-corrected chi connectivity index (χ3v) is 5.30. The van der Waals surface area contributed by atoms with E-state index in [0.29, 0.717) is 17.3 Å². The van der Waals surface area contributed by atoms with Gasteiger partial charge in [0.25, 0.3) is 11.5 Å². The topological polar surface area (TPSA) is 71.4 Å². The summed E-state index contributed by atoms with van der Waals surface area (Å²) in [7, 11) is 1.60. The maximum absolute atomic E-state index is 12.8. The van der Waals surface area contributed by atoms with E-state index in [-0.39, 0.29) is 17.0 Å². The lowest BCUT2D eigenvalue weighted by molar-refractivity contribution is -0.119. The Kier molecular flexibility index (Phi) is 5.18. The van der Waals surface area contributed by atoms with Crippen LogP contribution in [0.2, 0.25) is 0 Å². The van der Waals surface area contributed by atoms with E-state index < -0.39 is 11.9 Å². The molecular formula is C19H21N3O3S. The molecule has 1 aliphatic rings. The van der Waals surface area contributed by atoms with Gasteiger partial charge in [-0.3, -0.25) is 14.4 Å². The Morgan fingerprint density at radius 2 is 1.88 bits per heavy atom. The summed E-state index contributed by atoms with van der Waals surface area (Å²) in [5, 5.41) is 2.90. The average Bonchev–Trinajstić information content (AvgIpc) is 3.05. The number of nitrogens with zero attached hydrogens (tertiary/aromatic N) is 2. The zero-order valence-electron chi connectivity index (χ0n) is 15.0. The van der Waals surface area contributed by atoms with Crippen LogP contribution in [0.15, 0.2) is 41.3 Å². The summed E-state index contributed by atoms with van der Waals surface area (Å²) >= 11 is 1.50. The molecule has 2 aromatic rings. The second-order valence-corrected chi connectivity index (χ2v) is 7.49. The number of aryl methyl sites for hydroxylation is 3. The molecule has 0 saturated carbocycles. The Hall–Kier alpha value is -2.54. The number of thioether (sulfide) groups is 1. The van der Waals surface area contributed by atoms with Crippen LogP contribution in [-0.4, -0.2) is 39.0 Å². The van der Waals surface area contributed by atoms with E-state index in [4.69, 9.17) is 0 Å². The van der Waals surface area contributed by atoms with Crippen LogP contribution in [-0.2, 0) is 11.8 Å². The standard InChI is InChI=1S/C19H21N3O3S/c1-12-7-13(2)9-14(8-12)20-17(23)16-10-26-11-22(16)19(25)15-5-4-6-21(3)18(15)24/h4-9,16H,10-11H2,1-3H3,(H,20,23). The predicted octanol–water partition coefficient (Wildman–Crippen LogP) is 2.16. The summed E-state index contributed by atoms with van der Waals surface area (Å²) in [5.74, 6) is 0.259. The van der Waals surface area contributed by atoms with Gasteiger partial charge in [-0.1, -0.05) is 6.07 Å². The highest BCUT2D eigenvalue weighted by molar-refractivity contribution is 7.99. The zero-order chi connectivity index (χ0) is 18.8. The summed E-state index contributed by atoms with van der Waals surface area (Å²) in [5.41, 5.74) is 2.56. The zero-order valence-corrected chi connectivity index (χ0v) is 15.8. The number of hydrogen-bond acceptors (Lipinski definition) is 4. The molecule has 6 nitrogen and oxygen atoms in total. The normalized spacial score (nSPS) is 16.6. The van der Waals surface area contributed by atoms with Gasteiger partial charge >= 0.3 is 0 Å². The molecule has 2 heterocycles. The van der Waals surface area contributed by atoms with Crippen molar-refractivity contribution in [2.24, 2.45) is 7.05 Å². The molecule has 26 heavy (non-hydrogen) atoms. The highest BCUT2D eigenvalue weighted by atomic mass is 32.2. The third-order valence-electron chi connectivity index (χ3n) is 4.29. The van der Waals surface area contributed by atoms with Crippen molar-refractivity contribution < 1.29 is 9.59 Å². The number of pyridine rings is 1. The van der Waals surface area contributed by atoms with Crippen LogP contribution in [0, 0.1) is 13.8 Å². The lowest BCUT2D eigenvalue weighted by Crippen LogP contribution is -2.46. The van der Waals surface area contributed by atoms with Crippen molar-refractivity contribution in [2.45, 2.75) is 19.9 Å². The van der Waals surface area contributed by atoms with E-state index in [0.717, 1.165) is 11.1 Å². The van der Waals surface area contributed by atoms with Crippen molar-refractivity contribution in [1.82, 2.24) is 9.47 Å². The first-order chi connectivity index (χ1) is 12.4. The summed E-state index contributed by atoms with van der Waals surface area (Å²) in [6.45, 7) is 3.93.